The third-order valence-electron chi connectivity index (χ3n) is 6.03. The van der Waals surface area contributed by atoms with Crippen LogP contribution in [0.4, 0.5) is 0 Å². The molecule has 1 N–H and O–H groups in total. The molecule has 1 fully saturated rings. The van der Waals surface area contributed by atoms with Crippen molar-refractivity contribution in [3.8, 4) is 0 Å². The van der Waals surface area contributed by atoms with Gasteiger partial charge in [-0.3, -0.25) is 9.59 Å². The Morgan fingerprint density at radius 3 is 1.88 bits per heavy atom. The van der Waals surface area contributed by atoms with E-state index in [1.165, 1.54) is 0 Å². The zero-order valence-corrected chi connectivity index (χ0v) is 14.3. The minimum atomic E-state index is -0.993. The molecule has 25 heavy (non-hydrogen) atoms. The van der Waals surface area contributed by atoms with E-state index in [1.807, 2.05) is 74.5 Å². The van der Waals surface area contributed by atoms with Crippen molar-refractivity contribution in [2.24, 2.45) is 16.7 Å². The number of carboxylic acids is 1. The zero-order valence-electron chi connectivity index (χ0n) is 14.3. The minimum Gasteiger partial charge on any atom is -0.481 e. The number of carbonyl (C=O) groups is 2. The average Bonchev–Trinajstić information content (AvgIpc) is 2.93. The molecule has 1 saturated carbocycles. The number of benzene rings is 2. The lowest BCUT2D eigenvalue weighted by Gasteiger charge is -2.33. The van der Waals surface area contributed by atoms with E-state index in [-0.39, 0.29) is 5.78 Å². The van der Waals surface area contributed by atoms with Crippen LogP contribution in [-0.2, 0) is 9.59 Å². The molecule has 3 nitrogen and oxygen atoms in total. The van der Waals surface area contributed by atoms with Crippen molar-refractivity contribution in [2.45, 2.75) is 20.3 Å². The zero-order chi connectivity index (χ0) is 17.8. The molecule has 0 spiro atoms. The van der Waals surface area contributed by atoms with Gasteiger partial charge in [0.05, 0.1) is 16.7 Å². The first-order valence-electron chi connectivity index (χ1n) is 8.54. The van der Waals surface area contributed by atoms with Gasteiger partial charge in [0, 0.05) is 0 Å². The van der Waals surface area contributed by atoms with Gasteiger partial charge in [-0.1, -0.05) is 60.7 Å². The highest BCUT2D eigenvalue weighted by Gasteiger charge is 2.68. The van der Waals surface area contributed by atoms with Crippen LogP contribution in [0.2, 0.25) is 0 Å². The third-order valence-corrected chi connectivity index (χ3v) is 6.03. The third kappa shape index (κ3) is 1.92. The first kappa shape index (κ1) is 15.8. The topological polar surface area (TPSA) is 54.4 Å². The second kappa shape index (κ2) is 5.16. The predicted molar refractivity (Wildman–Crippen MR) is 96.7 cm³/mol. The number of rotatable bonds is 3. The number of hydrogen-bond donors (Lipinski definition) is 1. The lowest BCUT2D eigenvalue weighted by molar-refractivity contribution is -0.145. The quantitative estimate of drug-likeness (QED) is 0.912. The predicted octanol–water partition coefficient (Wildman–Crippen LogP) is 4.30. The maximum atomic E-state index is 13.4. The fourth-order valence-corrected chi connectivity index (χ4v) is 4.93. The highest BCUT2D eigenvalue weighted by atomic mass is 16.4. The summed E-state index contributed by atoms with van der Waals surface area (Å²) in [5.74, 6) is -1.54. The standard InChI is InChI=1S/C22H20O3/c1-21-13-16(19(23)24)22(2,20(21)25)18(15-11-7-4-8-12-15)17(21)14-9-5-3-6-10-14/h3-12,16H,13H2,1-2H3,(H,23,24). The number of aliphatic carboxylic acids is 1. The Kier molecular flexibility index (Phi) is 3.26. The van der Waals surface area contributed by atoms with E-state index in [9.17, 15) is 14.7 Å². The number of allylic oxidation sites excluding steroid dienone is 2. The Morgan fingerprint density at radius 2 is 1.40 bits per heavy atom. The molecule has 0 saturated heterocycles. The molecule has 3 unspecified atom stereocenters. The molecule has 2 aliphatic rings. The molecule has 0 aliphatic heterocycles. The van der Waals surface area contributed by atoms with Gasteiger partial charge in [0.25, 0.3) is 0 Å². The molecule has 2 aromatic carbocycles. The van der Waals surface area contributed by atoms with Crippen LogP contribution in [0.25, 0.3) is 11.1 Å². The molecule has 3 heteroatoms. The van der Waals surface area contributed by atoms with Crippen LogP contribution in [0.5, 0.6) is 0 Å². The van der Waals surface area contributed by atoms with Crippen LogP contribution in [0.15, 0.2) is 60.7 Å². The number of carbonyl (C=O) groups excluding carboxylic acids is 1. The van der Waals surface area contributed by atoms with E-state index >= 15 is 0 Å². The Balaban J connectivity index is 2.08. The summed E-state index contributed by atoms with van der Waals surface area (Å²) in [6.45, 7) is 3.73. The Morgan fingerprint density at radius 1 is 0.920 bits per heavy atom. The molecule has 2 aliphatic carbocycles. The summed E-state index contributed by atoms with van der Waals surface area (Å²) in [6, 6.07) is 19.6. The van der Waals surface area contributed by atoms with Gasteiger partial charge in [-0.05, 0) is 42.5 Å². The Hall–Kier alpha value is -2.68. The van der Waals surface area contributed by atoms with E-state index in [2.05, 4.69) is 0 Å². The SMILES string of the molecule is CC12CC(C(=O)O)C(C)(C1=O)C(c1ccccc1)=C2c1ccccc1. The molecule has 3 atom stereocenters. The largest absolute Gasteiger partial charge is 0.481 e. The number of Topliss-reactive ketones (excluding diaryl/α,β-unsaturated/α-hetero) is 1. The minimum absolute atomic E-state index is 0.0325. The van der Waals surface area contributed by atoms with Crippen LogP contribution in [0.1, 0.15) is 31.4 Å². The maximum absolute atomic E-state index is 13.4. The first-order valence-corrected chi connectivity index (χ1v) is 8.54. The number of ketones is 1. The van der Waals surface area contributed by atoms with E-state index in [0.29, 0.717) is 6.42 Å². The Bertz CT molecular complexity index is 897. The van der Waals surface area contributed by atoms with E-state index in [1.54, 1.807) is 0 Å². The summed E-state index contributed by atoms with van der Waals surface area (Å²) in [6.07, 6.45) is 0.359. The number of fused-ring (bicyclic) bond motifs is 2. The lowest BCUT2D eigenvalue weighted by atomic mass is 9.67. The summed E-state index contributed by atoms with van der Waals surface area (Å²) in [7, 11) is 0. The Labute approximate surface area is 147 Å². The molecular weight excluding hydrogens is 312 g/mol. The number of hydrogen-bond acceptors (Lipinski definition) is 2. The van der Waals surface area contributed by atoms with Gasteiger partial charge in [-0.25, -0.2) is 0 Å². The fraction of sp³-hybridized carbons (Fsp3) is 0.273. The van der Waals surface area contributed by atoms with E-state index in [0.717, 1.165) is 22.3 Å². The van der Waals surface area contributed by atoms with Gasteiger partial charge in [-0.2, -0.15) is 0 Å². The van der Waals surface area contributed by atoms with Crippen LogP contribution in [0.3, 0.4) is 0 Å². The van der Waals surface area contributed by atoms with Crippen molar-refractivity contribution in [3.63, 3.8) is 0 Å². The molecule has 0 radical (unpaired) electrons. The van der Waals surface area contributed by atoms with Crippen molar-refractivity contribution >= 4 is 22.9 Å². The second-order valence-corrected chi connectivity index (χ2v) is 7.44. The smallest absolute Gasteiger partial charge is 0.307 e. The van der Waals surface area contributed by atoms with E-state index < -0.39 is 22.7 Å². The van der Waals surface area contributed by atoms with Gasteiger partial charge in [-0.15, -0.1) is 0 Å². The van der Waals surface area contributed by atoms with Crippen molar-refractivity contribution in [3.05, 3.63) is 71.8 Å². The molecule has 0 heterocycles. The molecule has 0 aromatic heterocycles. The van der Waals surface area contributed by atoms with Gasteiger partial charge in [0.2, 0.25) is 0 Å². The molecule has 0 amide bonds. The van der Waals surface area contributed by atoms with Crippen LogP contribution in [0, 0.1) is 16.7 Å². The van der Waals surface area contributed by atoms with Gasteiger partial charge in [0.15, 0.2) is 5.78 Å². The number of carboxylic acid groups (broad SMARTS) is 1. The molecule has 126 valence electrons. The summed E-state index contributed by atoms with van der Waals surface area (Å²) in [5, 5.41) is 9.78. The van der Waals surface area contributed by atoms with Crippen molar-refractivity contribution in [1.29, 1.82) is 0 Å². The molecule has 4 rings (SSSR count). The first-order chi connectivity index (χ1) is 11.9. The average molecular weight is 332 g/mol. The molecule has 2 aromatic rings. The summed E-state index contributed by atoms with van der Waals surface area (Å²) in [5.41, 5.74) is 2.06. The summed E-state index contributed by atoms with van der Waals surface area (Å²) in [4.78, 5) is 25.3. The molecule has 2 bridgehead atoms. The molecular formula is C22H20O3. The van der Waals surface area contributed by atoms with E-state index in [4.69, 9.17) is 0 Å². The second-order valence-electron chi connectivity index (χ2n) is 7.44. The maximum Gasteiger partial charge on any atom is 0.307 e. The highest BCUT2D eigenvalue weighted by molar-refractivity contribution is 6.24. The van der Waals surface area contributed by atoms with Crippen molar-refractivity contribution in [1.82, 2.24) is 0 Å². The van der Waals surface area contributed by atoms with Gasteiger partial charge >= 0.3 is 5.97 Å². The normalized spacial score (nSPS) is 30.8. The monoisotopic (exact) mass is 332 g/mol. The fourth-order valence-electron chi connectivity index (χ4n) is 4.93. The van der Waals surface area contributed by atoms with Crippen molar-refractivity contribution in [2.75, 3.05) is 0 Å². The van der Waals surface area contributed by atoms with Gasteiger partial charge in [0.1, 0.15) is 0 Å². The van der Waals surface area contributed by atoms with Gasteiger partial charge < -0.3 is 5.11 Å². The summed E-state index contributed by atoms with van der Waals surface area (Å²) < 4.78 is 0. The van der Waals surface area contributed by atoms with Crippen LogP contribution < -0.4 is 0 Å². The van der Waals surface area contributed by atoms with Crippen LogP contribution >= 0.6 is 0 Å². The summed E-state index contributed by atoms with van der Waals surface area (Å²) >= 11 is 0. The highest BCUT2D eigenvalue weighted by Crippen LogP contribution is 2.69. The van der Waals surface area contributed by atoms with Crippen molar-refractivity contribution < 1.29 is 14.7 Å². The lowest BCUT2D eigenvalue weighted by Crippen LogP contribution is -2.34. The van der Waals surface area contributed by atoms with Crippen LogP contribution in [-0.4, -0.2) is 16.9 Å².